The molecule has 3 aromatic rings. The molecule has 3 rings (SSSR count). The summed E-state index contributed by atoms with van der Waals surface area (Å²) in [6.07, 6.45) is 1.09. The van der Waals surface area contributed by atoms with E-state index in [4.69, 9.17) is 9.47 Å². The number of ether oxygens (including phenoxy) is 2. The molecule has 1 N–H and O–H groups in total. The van der Waals surface area contributed by atoms with Crippen molar-refractivity contribution in [1.82, 2.24) is 4.98 Å². The summed E-state index contributed by atoms with van der Waals surface area (Å²) in [5.41, 5.74) is 1.44. The molecule has 0 aliphatic carbocycles. The zero-order valence-corrected chi connectivity index (χ0v) is 16.4. The van der Waals surface area contributed by atoms with E-state index in [1.807, 2.05) is 0 Å². The van der Waals surface area contributed by atoms with Crippen LogP contribution in [0.4, 0.5) is 15.8 Å². The van der Waals surface area contributed by atoms with E-state index in [2.05, 4.69) is 10.3 Å². The Kier molecular flexibility index (Phi) is 6.07. The van der Waals surface area contributed by atoms with Crippen LogP contribution in [-0.2, 0) is 9.47 Å². The van der Waals surface area contributed by atoms with Crippen LogP contribution in [0.3, 0.4) is 0 Å². The van der Waals surface area contributed by atoms with E-state index in [-0.39, 0.29) is 24.0 Å². The van der Waals surface area contributed by atoms with Crippen molar-refractivity contribution >= 4 is 34.2 Å². The standard InChI is InChI=1S/C22H21FN2O4/c1-4-28-22(27)16-12-24-18-10-9-14(21(26)29-13(2)3)11-15(18)20(16)25-19-8-6-5-7-17(19)23/h5-13H,4H2,1-3H3,(H,24,25). The van der Waals surface area contributed by atoms with Crippen molar-refractivity contribution in [3.05, 3.63) is 65.6 Å². The third kappa shape index (κ3) is 4.51. The average Bonchev–Trinajstić information content (AvgIpc) is 2.69. The Morgan fingerprint density at radius 2 is 1.90 bits per heavy atom. The molecule has 2 aromatic carbocycles. The molecule has 7 heteroatoms. The Morgan fingerprint density at radius 3 is 2.59 bits per heavy atom. The topological polar surface area (TPSA) is 77.5 Å². The number of hydrogen-bond donors (Lipinski definition) is 1. The minimum Gasteiger partial charge on any atom is -0.462 e. The lowest BCUT2D eigenvalue weighted by Gasteiger charge is -2.15. The van der Waals surface area contributed by atoms with Crippen molar-refractivity contribution in [2.75, 3.05) is 11.9 Å². The number of carbonyl (C=O) groups is 2. The third-order valence-electron chi connectivity index (χ3n) is 4.08. The molecule has 0 atom stereocenters. The fourth-order valence-electron chi connectivity index (χ4n) is 2.80. The van der Waals surface area contributed by atoms with Crippen LogP contribution < -0.4 is 5.32 Å². The molecule has 150 valence electrons. The lowest BCUT2D eigenvalue weighted by Crippen LogP contribution is -2.12. The SMILES string of the molecule is CCOC(=O)c1cnc2ccc(C(=O)OC(C)C)cc2c1Nc1ccccc1F. The van der Waals surface area contributed by atoms with Crippen LogP contribution in [0.1, 0.15) is 41.5 Å². The van der Waals surface area contributed by atoms with Crippen LogP contribution in [0.25, 0.3) is 10.9 Å². The first-order valence-electron chi connectivity index (χ1n) is 9.23. The highest BCUT2D eigenvalue weighted by atomic mass is 19.1. The number of fused-ring (bicyclic) bond motifs is 1. The molecule has 0 saturated heterocycles. The van der Waals surface area contributed by atoms with Crippen LogP contribution in [0.5, 0.6) is 0 Å². The summed E-state index contributed by atoms with van der Waals surface area (Å²) >= 11 is 0. The summed E-state index contributed by atoms with van der Waals surface area (Å²) in [6.45, 7) is 5.38. The third-order valence-corrected chi connectivity index (χ3v) is 4.08. The highest BCUT2D eigenvalue weighted by Crippen LogP contribution is 2.31. The van der Waals surface area contributed by atoms with Gasteiger partial charge in [-0.25, -0.2) is 14.0 Å². The number of esters is 2. The van der Waals surface area contributed by atoms with Gasteiger partial charge < -0.3 is 14.8 Å². The number of pyridine rings is 1. The summed E-state index contributed by atoms with van der Waals surface area (Å²) in [5, 5.41) is 3.43. The summed E-state index contributed by atoms with van der Waals surface area (Å²) in [4.78, 5) is 29.1. The molecule has 0 saturated carbocycles. The largest absolute Gasteiger partial charge is 0.462 e. The molecular formula is C22H21FN2O4. The predicted octanol–water partition coefficient (Wildman–Crippen LogP) is 4.86. The normalized spacial score (nSPS) is 10.8. The number of hydrogen-bond acceptors (Lipinski definition) is 6. The molecule has 0 spiro atoms. The molecule has 0 bridgehead atoms. The Bertz CT molecular complexity index is 1070. The van der Waals surface area contributed by atoms with Gasteiger partial charge in [0.15, 0.2) is 0 Å². The van der Waals surface area contributed by atoms with E-state index in [9.17, 15) is 14.0 Å². The number of anilines is 2. The van der Waals surface area contributed by atoms with Crippen molar-refractivity contribution in [3.8, 4) is 0 Å². The van der Waals surface area contributed by atoms with Gasteiger partial charge in [-0.1, -0.05) is 12.1 Å². The van der Waals surface area contributed by atoms with Gasteiger partial charge in [0.05, 0.1) is 35.2 Å². The monoisotopic (exact) mass is 396 g/mol. The Morgan fingerprint density at radius 1 is 1.14 bits per heavy atom. The number of para-hydroxylation sites is 1. The Balaban J connectivity index is 2.18. The van der Waals surface area contributed by atoms with E-state index < -0.39 is 17.8 Å². The van der Waals surface area contributed by atoms with E-state index in [1.165, 1.54) is 12.3 Å². The molecule has 0 fully saturated rings. The van der Waals surface area contributed by atoms with Gasteiger partial charge in [-0.2, -0.15) is 0 Å². The Labute approximate surface area is 167 Å². The van der Waals surface area contributed by atoms with Gasteiger partial charge >= 0.3 is 11.9 Å². The molecule has 0 unspecified atom stereocenters. The summed E-state index contributed by atoms with van der Waals surface area (Å²) in [6, 6.07) is 10.9. The number of benzene rings is 2. The zero-order chi connectivity index (χ0) is 21.0. The van der Waals surface area contributed by atoms with Crippen LogP contribution in [-0.4, -0.2) is 29.6 Å². The van der Waals surface area contributed by atoms with Gasteiger partial charge in [-0.05, 0) is 51.1 Å². The van der Waals surface area contributed by atoms with Crippen molar-refractivity contribution in [3.63, 3.8) is 0 Å². The van der Waals surface area contributed by atoms with Gasteiger partial charge in [0.25, 0.3) is 0 Å². The Hall–Kier alpha value is -3.48. The van der Waals surface area contributed by atoms with Crippen LogP contribution in [0.15, 0.2) is 48.7 Å². The maximum Gasteiger partial charge on any atom is 0.341 e. The number of carbonyl (C=O) groups excluding carboxylic acids is 2. The first-order valence-corrected chi connectivity index (χ1v) is 9.23. The van der Waals surface area contributed by atoms with E-state index in [1.54, 1.807) is 57.2 Å². The smallest absolute Gasteiger partial charge is 0.341 e. The molecular weight excluding hydrogens is 375 g/mol. The van der Waals surface area contributed by atoms with Gasteiger partial charge in [0.1, 0.15) is 11.4 Å². The number of nitrogens with zero attached hydrogens (tertiary/aromatic N) is 1. The number of aromatic nitrogens is 1. The molecule has 1 aromatic heterocycles. The van der Waals surface area contributed by atoms with Crippen LogP contribution >= 0.6 is 0 Å². The highest BCUT2D eigenvalue weighted by Gasteiger charge is 2.19. The summed E-state index contributed by atoms with van der Waals surface area (Å²) in [5.74, 6) is -1.58. The fraction of sp³-hybridized carbons (Fsp3) is 0.227. The summed E-state index contributed by atoms with van der Waals surface area (Å²) in [7, 11) is 0. The molecule has 29 heavy (non-hydrogen) atoms. The number of rotatable bonds is 6. The van der Waals surface area contributed by atoms with Crippen LogP contribution in [0.2, 0.25) is 0 Å². The second-order valence-electron chi connectivity index (χ2n) is 6.56. The van der Waals surface area contributed by atoms with Crippen molar-refractivity contribution < 1.29 is 23.5 Å². The van der Waals surface area contributed by atoms with E-state index >= 15 is 0 Å². The molecule has 6 nitrogen and oxygen atoms in total. The molecule has 0 aliphatic heterocycles. The molecule has 0 aliphatic rings. The quantitative estimate of drug-likeness (QED) is 0.600. The lowest BCUT2D eigenvalue weighted by molar-refractivity contribution is 0.0377. The summed E-state index contributed by atoms with van der Waals surface area (Å²) < 4.78 is 24.6. The van der Waals surface area contributed by atoms with Gasteiger partial charge in [0, 0.05) is 11.6 Å². The zero-order valence-electron chi connectivity index (χ0n) is 16.4. The van der Waals surface area contributed by atoms with Crippen molar-refractivity contribution in [2.45, 2.75) is 26.9 Å². The number of halogens is 1. The minimum atomic E-state index is -0.601. The molecule has 1 heterocycles. The van der Waals surface area contributed by atoms with Crippen LogP contribution in [0, 0.1) is 5.82 Å². The maximum atomic E-state index is 14.2. The first-order chi connectivity index (χ1) is 13.9. The predicted molar refractivity (Wildman–Crippen MR) is 108 cm³/mol. The van der Waals surface area contributed by atoms with E-state index in [0.717, 1.165) is 0 Å². The minimum absolute atomic E-state index is 0.136. The molecule has 0 radical (unpaired) electrons. The number of nitrogens with one attached hydrogen (secondary N) is 1. The van der Waals surface area contributed by atoms with Gasteiger partial charge in [-0.15, -0.1) is 0 Å². The van der Waals surface area contributed by atoms with Gasteiger partial charge in [-0.3, -0.25) is 4.98 Å². The fourth-order valence-corrected chi connectivity index (χ4v) is 2.80. The lowest BCUT2D eigenvalue weighted by atomic mass is 10.1. The maximum absolute atomic E-state index is 14.2. The second-order valence-corrected chi connectivity index (χ2v) is 6.56. The van der Waals surface area contributed by atoms with Gasteiger partial charge in [0.2, 0.25) is 0 Å². The second kappa shape index (κ2) is 8.68. The van der Waals surface area contributed by atoms with Crippen molar-refractivity contribution in [2.24, 2.45) is 0 Å². The van der Waals surface area contributed by atoms with E-state index in [0.29, 0.717) is 22.2 Å². The highest BCUT2D eigenvalue weighted by molar-refractivity contribution is 6.07. The first kappa shape index (κ1) is 20.3. The molecule has 0 amide bonds. The average molecular weight is 396 g/mol. The van der Waals surface area contributed by atoms with Crippen molar-refractivity contribution in [1.29, 1.82) is 0 Å².